The molecule has 20 heavy (non-hydrogen) atoms. The van der Waals surface area contributed by atoms with Gasteiger partial charge in [-0.25, -0.2) is 5.43 Å². The first-order valence-electron chi connectivity index (χ1n) is 6.34. The van der Waals surface area contributed by atoms with Crippen LogP contribution in [0.2, 0.25) is 0 Å². The summed E-state index contributed by atoms with van der Waals surface area (Å²) in [4.78, 5) is 4.34. The van der Waals surface area contributed by atoms with Crippen LogP contribution in [0.25, 0.3) is 10.9 Å². The van der Waals surface area contributed by atoms with E-state index in [0.29, 0.717) is 0 Å². The molecule has 0 bridgehead atoms. The van der Waals surface area contributed by atoms with Gasteiger partial charge < -0.3 is 0 Å². The van der Waals surface area contributed by atoms with E-state index < -0.39 is 0 Å². The molecule has 4 heteroatoms. The summed E-state index contributed by atoms with van der Waals surface area (Å²) in [5, 5.41) is 1.11. The van der Waals surface area contributed by atoms with Crippen LogP contribution in [0.4, 0.5) is 0 Å². The van der Waals surface area contributed by atoms with E-state index in [4.69, 9.17) is 5.84 Å². The number of hydrazine groups is 1. The van der Waals surface area contributed by atoms with Gasteiger partial charge in [-0.15, -0.1) is 0 Å². The van der Waals surface area contributed by atoms with E-state index in [0.717, 1.165) is 26.5 Å². The molecule has 2 aromatic carbocycles. The van der Waals surface area contributed by atoms with Crippen molar-refractivity contribution in [2.24, 2.45) is 5.84 Å². The van der Waals surface area contributed by atoms with Crippen LogP contribution in [0, 0.1) is 0 Å². The number of hydrogen-bond donors (Lipinski definition) is 2. The zero-order chi connectivity index (χ0) is 13.9. The number of benzene rings is 2. The van der Waals surface area contributed by atoms with Gasteiger partial charge in [0.25, 0.3) is 0 Å². The van der Waals surface area contributed by atoms with Gasteiger partial charge in [0.05, 0.1) is 11.6 Å². The lowest BCUT2D eigenvalue weighted by Gasteiger charge is -2.17. The smallest absolute Gasteiger partial charge is 0.0710 e. The lowest BCUT2D eigenvalue weighted by molar-refractivity contribution is 0.637. The fourth-order valence-electron chi connectivity index (χ4n) is 2.34. The van der Waals surface area contributed by atoms with Crippen LogP contribution in [0.5, 0.6) is 0 Å². The summed E-state index contributed by atoms with van der Waals surface area (Å²) in [5.41, 5.74) is 6.11. The fraction of sp³-hybridized carbons (Fsp3) is 0.0625. The first-order valence-corrected chi connectivity index (χ1v) is 7.13. The molecule has 1 unspecified atom stereocenters. The lowest BCUT2D eigenvalue weighted by Crippen LogP contribution is -2.28. The lowest BCUT2D eigenvalue weighted by atomic mass is 9.98. The summed E-state index contributed by atoms with van der Waals surface area (Å²) in [6.45, 7) is 0. The molecule has 3 N–H and O–H groups in total. The topological polar surface area (TPSA) is 50.9 Å². The standard InChI is InChI=1S/C16H14BrN3/c17-14-5-1-3-12(10-14)16(20-18)13-6-7-15-11(9-13)4-2-8-19-15/h1-10,16,20H,18H2. The van der Waals surface area contributed by atoms with E-state index in [1.165, 1.54) is 0 Å². The third-order valence-electron chi connectivity index (χ3n) is 3.31. The highest BCUT2D eigenvalue weighted by Gasteiger charge is 2.13. The van der Waals surface area contributed by atoms with Crippen molar-refractivity contribution in [3.8, 4) is 0 Å². The molecule has 0 saturated heterocycles. The molecule has 3 rings (SSSR count). The first-order chi connectivity index (χ1) is 9.78. The molecule has 0 spiro atoms. The molecule has 1 heterocycles. The summed E-state index contributed by atoms with van der Waals surface area (Å²) in [6, 6.07) is 18.3. The van der Waals surface area contributed by atoms with E-state index in [9.17, 15) is 0 Å². The van der Waals surface area contributed by atoms with Crippen molar-refractivity contribution in [1.82, 2.24) is 10.4 Å². The third-order valence-corrected chi connectivity index (χ3v) is 3.80. The van der Waals surface area contributed by atoms with Gasteiger partial charge in [0.1, 0.15) is 0 Å². The molecule has 1 atom stereocenters. The van der Waals surface area contributed by atoms with Crippen LogP contribution < -0.4 is 11.3 Å². The Morgan fingerprint density at radius 2 is 1.85 bits per heavy atom. The number of fused-ring (bicyclic) bond motifs is 1. The van der Waals surface area contributed by atoms with E-state index in [1.807, 2.05) is 24.3 Å². The summed E-state index contributed by atoms with van der Waals surface area (Å²) in [7, 11) is 0. The van der Waals surface area contributed by atoms with Gasteiger partial charge in [0.15, 0.2) is 0 Å². The Hall–Kier alpha value is -1.75. The number of halogens is 1. The molecule has 0 radical (unpaired) electrons. The fourth-order valence-corrected chi connectivity index (χ4v) is 2.76. The molecule has 1 aromatic heterocycles. The van der Waals surface area contributed by atoms with Crippen LogP contribution >= 0.6 is 15.9 Å². The number of hydrogen-bond acceptors (Lipinski definition) is 3. The van der Waals surface area contributed by atoms with Crippen LogP contribution in [-0.4, -0.2) is 4.98 Å². The number of aromatic nitrogens is 1. The highest BCUT2D eigenvalue weighted by atomic mass is 79.9. The minimum Gasteiger partial charge on any atom is -0.271 e. The van der Waals surface area contributed by atoms with Crippen LogP contribution in [0.1, 0.15) is 17.2 Å². The molecular weight excluding hydrogens is 314 g/mol. The molecule has 3 nitrogen and oxygen atoms in total. The Morgan fingerprint density at radius 3 is 2.65 bits per heavy atom. The quantitative estimate of drug-likeness (QED) is 0.571. The van der Waals surface area contributed by atoms with E-state index in [1.54, 1.807) is 6.20 Å². The maximum absolute atomic E-state index is 5.75. The number of rotatable bonds is 3. The van der Waals surface area contributed by atoms with Crippen LogP contribution in [-0.2, 0) is 0 Å². The van der Waals surface area contributed by atoms with Crippen LogP contribution in [0.3, 0.4) is 0 Å². The largest absolute Gasteiger partial charge is 0.271 e. The van der Waals surface area contributed by atoms with Gasteiger partial charge in [0.2, 0.25) is 0 Å². The number of nitrogens with zero attached hydrogens (tertiary/aromatic N) is 1. The Kier molecular flexibility index (Phi) is 3.78. The number of pyridine rings is 1. The predicted molar refractivity (Wildman–Crippen MR) is 85.1 cm³/mol. The molecule has 3 aromatic rings. The number of nitrogens with two attached hydrogens (primary N) is 1. The predicted octanol–water partition coefficient (Wildman–Crippen LogP) is 3.55. The van der Waals surface area contributed by atoms with Crippen molar-refractivity contribution in [3.05, 3.63) is 76.4 Å². The van der Waals surface area contributed by atoms with E-state index in [-0.39, 0.29) is 6.04 Å². The second kappa shape index (κ2) is 5.71. The van der Waals surface area contributed by atoms with Crippen molar-refractivity contribution in [2.75, 3.05) is 0 Å². The molecule has 0 aliphatic carbocycles. The minimum atomic E-state index is -0.0443. The SMILES string of the molecule is NNC(c1cccc(Br)c1)c1ccc2ncccc2c1. The summed E-state index contributed by atoms with van der Waals surface area (Å²) < 4.78 is 1.04. The molecule has 0 saturated carbocycles. The minimum absolute atomic E-state index is 0.0443. The van der Waals surface area contributed by atoms with Gasteiger partial charge in [-0.2, -0.15) is 0 Å². The Balaban J connectivity index is 2.07. The number of nitrogens with one attached hydrogen (secondary N) is 1. The molecule has 0 aliphatic rings. The Morgan fingerprint density at radius 1 is 1.00 bits per heavy atom. The van der Waals surface area contributed by atoms with Crippen molar-refractivity contribution in [1.29, 1.82) is 0 Å². The summed E-state index contributed by atoms with van der Waals surface area (Å²) in [6.07, 6.45) is 1.80. The second-order valence-corrected chi connectivity index (χ2v) is 5.53. The molecule has 0 amide bonds. The Labute approximate surface area is 125 Å². The van der Waals surface area contributed by atoms with E-state index in [2.05, 4.69) is 56.7 Å². The molecule has 0 aliphatic heterocycles. The van der Waals surface area contributed by atoms with Gasteiger partial charge in [-0.1, -0.05) is 40.2 Å². The molecule has 0 fully saturated rings. The van der Waals surface area contributed by atoms with Gasteiger partial charge >= 0.3 is 0 Å². The highest BCUT2D eigenvalue weighted by molar-refractivity contribution is 9.10. The van der Waals surface area contributed by atoms with Crippen molar-refractivity contribution >= 4 is 26.8 Å². The molecule has 100 valence electrons. The van der Waals surface area contributed by atoms with Crippen molar-refractivity contribution < 1.29 is 0 Å². The zero-order valence-electron chi connectivity index (χ0n) is 10.8. The van der Waals surface area contributed by atoms with Gasteiger partial charge in [-0.3, -0.25) is 10.8 Å². The zero-order valence-corrected chi connectivity index (χ0v) is 12.3. The highest BCUT2D eigenvalue weighted by Crippen LogP contribution is 2.26. The van der Waals surface area contributed by atoms with Gasteiger partial charge in [0, 0.05) is 16.1 Å². The maximum Gasteiger partial charge on any atom is 0.0710 e. The summed E-state index contributed by atoms with van der Waals surface area (Å²) in [5.74, 6) is 5.75. The normalized spacial score (nSPS) is 12.5. The maximum atomic E-state index is 5.75. The van der Waals surface area contributed by atoms with Gasteiger partial charge in [-0.05, 0) is 41.5 Å². The summed E-state index contributed by atoms with van der Waals surface area (Å²) >= 11 is 3.49. The monoisotopic (exact) mass is 327 g/mol. The average molecular weight is 328 g/mol. The first kappa shape index (κ1) is 13.2. The Bertz CT molecular complexity index is 742. The van der Waals surface area contributed by atoms with Crippen LogP contribution in [0.15, 0.2) is 65.3 Å². The third kappa shape index (κ3) is 2.58. The second-order valence-electron chi connectivity index (χ2n) is 4.61. The van der Waals surface area contributed by atoms with Crippen molar-refractivity contribution in [2.45, 2.75) is 6.04 Å². The average Bonchev–Trinajstić information content (AvgIpc) is 2.48. The van der Waals surface area contributed by atoms with E-state index >= 15 is 0 Å². The molecular formula is C16H14BrN3. The van der Waals surface area contributed by atoms with Crippen molar-refractivity contribution in [3.63, 3.8) is 0 Å².